The Bertz CT molecular complexity index is 713. The van der Waals surface area contributed by atoms with Crippen molar-refractivity contribution >= 4 is 57.5 Å². The van der Waals surface area contributed by atoms with Gasteiger partial charge in [0.05, 0.1) is 9.78 Å². The van der Waals surface area contributed by atoms with E-state index in [0.29, 0.717) is 15.0 Å². The molecule has 21 heavy (non-hydrogen) atoms. The first-order valence-corrected chi connectivity index (χ1v) is 7.97. The molecule has 1 atom stereocenters. The first-order chi connectivity index (χ1) is 9.95. The lowest BCUT2D eigenvalue weighted by Gasteiger charge is -2.24. The molecule has 1 aromatic rings. The van der Waals surface area contributed by atoms with Crippen LogP contribution in [0.15, 0.2) is 39.7 Å². The second kappa shape index (κ2) is 5.48. The third-order valence-electron chi connectivity index (χ3n) is 3.27. The molecule has 0 spiro atoms. The van der Waals surface area contributed by atoms with Crippen LogP contribution in [0.4, 0.5) is 0 Å². The summed E-state index contributed by atoms with van der Waals surface area (Å²) >= 11 is 12.7. The number of thioether (sulfide) groups is 1. The fraction of sp³-hybridized carbons (Fsp3) is 0.200. The van der Waals surface area contributed by atoms with Gasteiger partial charge in [-0.25, -0.2) is 0 Å². The predicted molar refractivity (Wildman–Crippen MR) is 91.0 cm³/mol. The van der Waals surface area contributed by atoms with Gasteiger partial charge in [0.25, 0.3) is 5.91 Å². The Morgan fingerprint density at radius 1 is 1.52 bits per heavy atom. The number of halogens is 1. The average Bonchev–Trinajstić information content (AvgIpc) is 2.97. The Balaban J connectivity index is 1.89. The van der Waals surface area contributed by atoms with Crippen LogP contribution in [0.5, 0.6) is 0 Å². The van der Waals surface area contributed by atoms with Crippen molar-refractivity contribution in [2.45, 2.75) is 18.2 Å². The van der Waals surface area contributed by atoms with Gasteiger partial charge in [-0.15, -0.1) is 11.6 Å². The summed E-state index contributed by atoms with van der Waals surface area (Å²) in [7, 11) is 0. The highest BCUT2D eigenvalue weighted by molar-refractivity contribution is 8.26. The number of nitrogens with one attached hydrogen (secondary N) is 1. The number of hydrogen-bond donors (Lipinski definition) is 1. The van der Waals surface area contributed by atoms with Crippen LogP contribution in [0.25, 0.3) is 11.6 Å². The maximum Gasteiger partial charge on any atom is 0.263 e. The molecule has 1 aliphatic carbocycles. The highest BCUT2D eigenvalue weighted by atomic mass is 35.5. The Morgan fingerprint density at radius 2 is 2.33 bits per heavy atom. The molecule has 3 rings (SSSR count). The molecule has 0 radical (unpaired) electrons. The monoisotopic (exact) mass is 337 g/mol. The van der Waals surface area contributed by atoms with E-state index < -0.39 is 4.87 Å². The predicted octanol–water partition coefficient (Wildman–Crippen LogP) is 4.11. The number of carbonyl (C=O) groups is 1. The maximum atomic E-state index is 11.6. The van der Waals surface area contributed by atoms with E-state index in [1.165, 1.54) is 11.8 Å². The molecule has 2 aliphatic rings. The van der Waals surface area contributed by atoms with Gasteiger partial charge in [-0.2, -0.15) is 0 Å². The molecule has 1 unspecified atom stereocenters. The second-order valence-electron chi connectivity index (χ2n) is 4.96. The summed E-state index contributed by atoms with van der Waals surface area (Å²) in [5.74, 6) is 1.13. The lowest BCUT2D eigenvalue weighted by atomic mass is 9.91. The van der Waals surface area contributed by atoms with E-state index in [9.17, 15) is 4.79 Å². The van der Waals surface area contributed by atoms with E-state index in [1.807, 2.05) is 37.3 Å². The lowest BCUT2D eigenvalue weighted by molar-refractivity contribution is -0.115. The molecule has 0 saturated carbocycles. The van der Waals surface area contributed by atoms with Gasteiger partial charge >= 0.3 is 0 Å². The summed E-state index contributed by atoms with van der Waals surface area (Å²) in [5, 5.41) is 2.57. The minimum Gasteiger partial charge on any atom is -0.457 e. The molecule has 1 N–H and O–H groups in total. The fourth-order valence-electron chi connectivity index (χ4n) is 2.20. The molecule has 0 bridgehead atoms. The van der Waals surface area contributed by atoms with Crippen molar-refractivity contribution in [1.82, 2.24) is 5.32 Å². The first kappa shape index (κ1) is 14.6. The third kappa shape index (κ3) is 3.00. The highest BCUT2D eigenvalue weighted by Gasteiger charge is 2.29. The Labute approximate surface area is 137 Å². The van der Waals surface area contributed by atoms with E-state index in [2.05, 4.69) is 5.32 Å². The summed E-state index contributed by atoms with van der Waals surface area (Å²) in [4.78, 5) is 11.7. The van der Waals surface area contributed by atoms with Gasteiger partial charge < -0.3 is 9.73 Å². The summed E-state index contributed by atoms with van der Waals surface area (Å²) in [6.07, 6.45) is 8.40. The van der Waals surface area contributed by atoms with Crippen molar-refractivity contribution in [2.24, 2.45) is 0 Å². The minimum absolute atomic E-state index is 0.190. The molecular formula is C15H12ClNO2S2. The topological polar surface area (TPSA) is 42.2 Å². The number of hydrogen-bond acceptors (Lipinski definition) is 4. The number of allylic oxidation sites excluding steroid dienone is 4. The Kier molecular flexibility index (Phi) is 3.82. The van der Waals surface area contributed by atoms with E-state index in [0.717, 1.165) is 17.8 Å². The highest BCUT2D eigenvalue weighted by Crippen LogP contribution is 2.39. The molecule has 1 amide bonds. The van der Waals surface area contributed by atoms with E-state index in [4.69, 9.17) is 28.2 Å². The number of amides is 1. The minimum atomic E-state index is -0.474. The van der Waals surface area contributed by atoms with Crippen molar-refractivity contribution < 1.29 is 9.21 Å². The number of carbonyl (C=O) groups excluding carboxylic acids is 1. The lowest BCUT2D eigenvalue weighted by Crippen LogP contribution is -2.19. The normalized spacial score (nSPS) is 27.1. The van der Waals surface area contributed by atoms with Crippen LogP contribution in [-0.2, 0) is 4.79 Å². The van der Waals surface area contributed by atoms with Crippen molar-refractivity contribution in [3.8, 4) is 0 Å². The molecule has 2 heterocycles. The van der Waals surface area contributed by atoms with Gasteiger partial charge in [-0.1, -0.05) is 42.2 Å². The molecule has 0 aromatic carbocycles. The maximum absolute atomic E-state index is 11.6. The van der Waals surface area contributed by atoms with Crippen LogP contribution < -0.4 is 5.32 Å². The number of thiocarbonyl (C=S) groups is 1. The molecule has 1 aromatic heterocycles. The Hall–Kier alpha value is -1.30. The van der Waals surface area contributed by atoms with Gasteiger partial charge in [0.1, 0.15) is 15.8 Å². The summed E-state index contributed by atoms with van der Waals surface area (Å²) in [6, 6.07) is 3.69. The zero-order chi connectivity index (χ0) is 15.0. The number of furan rings is 1. The zero-order valence-corrected chi connectivity index (χ0v) is 13.6. The van der Waals surface area contributed by atoms with Crippen molar-refractivity contribution in [1.29, 1.82) is 0 Å². The number of rotatable bonds is 2. The summed E-state index contributed by atoms with van der Waals surface area (Å²) < 4.78 is 6.27. The Morgan fingerprint density at radius 3 is 3.00 bits per heavy atom. The van der Waals surface area contributed by atoms with Crippen LogP contribution in [0, 0.1) is 0 Å². The summed E-state index contributed by atoms with van der Waals surface area (Å²) in [6.45, 7) is 1.96. The van der Waals surface area contributed by atoms with Gasteiger partial charge in [0.15, 0.2) is 0 Å². The zero-order valence-electron chi connectivity index (χ0n) is 11.2. The second-order valence-corrected chi connectivity index (χ2v) is 7.52. The van der Waals surface area contributed by atoms with Gasteiger partial charge in [-0.3, -0.25) is 4.79 Å². The van der Waals surface area contributed by atoms with Gasteiger partial charge in [0.2, 0.25) is 0 Å². The van der Waals surface area contributed by atoms with Crippen LogP contribution in [0.3, 0.4) is 0 Å². The summed E-state index contributed by atoms with van der Waals surface area (Å²) in [5.41, 5.74) is 0.940. The van der Waals surface area contributed by atoms with E-state index in [1.54, 1.807) is 6.08 Å². The van der Waals surface area contributed by atoms with E-state index >= 15 is 0 Å². The molecule has 108 valence electrons. The molecule has 1 saturated heterocycles. The first-order valence-electron chi connectivity index (χ1n) is 6.37. The van der Waals surface area contributed by atoms with Gasteiger partial charge in [0, 0.05) is 11.6 Å². The molecule has 3 nitrogen and oxygen atoms in total. The van der Waals surface area contributed by atoms with Crippen LogP contribution in [-0.4, -0.2) is 15.1 Å². The molecular weight excluding hydrogens is 326 g/mol. The standard InChI is InChI=1S/C15H12ClNO2S2/c1-15(16)7-3-2-4-10(15)11-6-5-9(19-11)8-12-13(18)17-14(20)21-12/h2-6,8H,7H2,1H3,(H,17,18,20)/b12-8-. The fourth-order valence-corrected chi connectivity index (χ4v) is 3.47. The van der Waals surface area contributed by atoms with Crippen LogP contribution in [0.1, 0.15) is 24.9 Å². The smallest absolute Gasteiger partial charge is 0.263 e. The number of alkyl halides is 1. The SMILES string of the molecule is CC1(Cl)CC=CC=C1c1ccc(/C=C2\SC(=S)NC2=O)o1. The third-order valence-corrected chi connectivity index (χ3v) is 4.79. The largest absolute Gasteiger partial charge is 0.457 e. The quantitative estimate of drug-likeness (QED) is 0.501. The van der Waals surface area contributed by atoms with Crippen molar-refractivity contribution in [2.75, 3.05) is 0 Å². The van der Waals surface area contributed by atoms with Crippen LogP contribution in [0.2, 0.25) is 0 Å². The molecule has 1 aliphatic heterocycles. The molecule has 6 heteroatoms. The van der Waals surface area contributed by atoms with E-state index in [-0.39, 0.29) is 5.91 Å². The van der Waals surface area contributed by atoms with Crippen LogP contribution >= 0.6 is 35.6 Å². The average molecular weight is 338 g/mol. The van der Waals surface area contributed by atoms with Crippen molar-refractivity contribution in [3.05, 3.63) is 46.8 Å². The van der Waals surface area contributed by atoms with Gasteiger partial charge in [-0.05, 0) is 25.5 Å². The van der Waals surface area contributed by atoms with Crippen molar-refractivity contribution in [3.63, 3.8) is 0 Å². The molecule has 1 fully saturated rings.